The van der Waals surface area contributed by atoms with Crippen LogP contribution in [0.3, 0.4) is 0 Å². The molecule has 2 aliphatic heterocycles. The number of imidazole rings is 1. The molecule has 1 amide bonds. The quantitative estimate of drug-likeness (QED) is 0.287. The highest BCUT2D eigenvalue weighted by atomic mass is 16.5. The summed E-state index contributed by atoms with van der Waals surface area (Å²) in [6.07, 6.45) is 2.99. The Morgan fingerprint density at radius 3 is 2.55 bits per heavy atom. The molecule has 1 aromatic heterocycles. The molecule has 0 bridgehead atoms. The maximum Gasteiger partial charge on any atom is 0.241 e. The van der Waals surface area contributed by atoms with Crippen molar-refractivity contribution in [2.75, 3.05) is 56.1 Å². The lowest BCUT2D eigenvalue weighted by molar-refractivity contribution is -0.117. The third kappa shape index (κ3) is 5.98. The highest BCUT2D eigenvalue weighted by molar-refractivity contribution is 5.95. The van der Waals surface area contributed by atoms with E-state index in [1.807, 2.05) is 24.3 Å². The van der Waals surface area contributed by atoms with Crippen LogP contribution in [0.4, 0.5) is 11.4 Å². The molecule has 0 unspecified atom stereocenters. The number of ether oxygens (including phenoxy) is 1. The molecule has 208 valence electrons. The molecular weight excluding hydrogens is 500 g/mol. The topological polar surface area (TPSA) is 85.5 Å². The molecule has 2 saturated heterocycles. The first kappa shape index (κ1) is 26.3. The molecular formula is C32H38N6O2. The van der Waals surface area contributed by atoms with E-state index in [0.717, 1.165) is 92.4 Å². The molecule has 0 radical (unpaired) electrons. The van der Waals surface area contributed by atoms with E-state index in [9.17, 15) is 4.79 Å². The molecule has 6 rings (SSSR count). The van der Waals surface area contributed by atoms with Crippen LogP contribution in [0, 0.1) is 0 Å². The second-order valence-electron chi connectivity index (χ2n) is 10.6. The molecule has 3 N–H and O–H groups in total. The van der Waals surface area contributed by atoms with Gasteiger partial charge in [0, 0.05) is 44.0 Å². The minimum absolute atomic E-state index is 0.0379. The lowest BCUT2D eigenvalue weighted by Gasteiger charge is -2.36. The molecule has 2 fully saturated rings. The average Bonchev–Trinajstić information content (AvgIpc) is 3.69. The smallest absolute Gasteiger partial charge is 0.241 e. The molecule has 8 heteroatoms. The van der Waals surface area contributed by atoms with Gasteiger partial charge < -0.3 is 25.3 Å². The van der Waals surface area contributed by atoms with Crippen molar-refractivity contribution in [1.82, 2.24) is 20.2 Å². The Hall–Kier alpha value is -3.88. The van der Waals surface area contributed by atoms with Gasteiger partial charge in [-0.15, -0.1) is 0 Å². The second kappa shape index (κ2) is 12.1. The summed E-state index contributed by atoms with van der Waals surface area (Å²) in [6, 6.07) is 22.6. The van der Waals surface area contributed by atoms with Gasteiger partial charge in [-0.05, 0) is 67.8 Å². The first-order valence-corrected chi connectivity index (χ1v) is 14.5. The van der Waals surface area contributed by atoms with Crippen LogP contribution in [-0.4, -0.2) is 72.7 Å². The Balaban J connectivity index is 0.990. The summed E-state index contributed by atoms with van der Waals surface area (Å²) in [7, 11) is 0. The van der Waals surface area contributed by atoms with Gasteiger partial charge in [0.2, 0.25) is 5.91 Å². The first-order valence-electron chi connectivity index (χ1n) is 14.5. The van der Waals surface area contributed by atoms with Crippen LogP contribution in [0.1, 0.15) is 25.3 Å². The number of aromatic nitrogens is 2. The normalized spacial score (nSPS) is 17.8. The SMILES string of the molecule is CCc1ccc(-c2nc3c(N4CCN(CCOc5ccc(NC(=O)[C@@H]6CCCN6)cc5)CC4)cccc3[nH]2)cc1. The number of hydrogen-bond donors (Lipinski definition) is 3. The van der Waals surface area contributed by atoms with E-state index < -0.39 is 0 Å². The van der Waals surface area contributed by atoms with Crippen molar-refractivity contribution in [2.24, 2.45) is 0 Å². The zero-order chi connectivity index (χ0) is 27.3. The lowest BCUT2D eigenvalue weighted by atomic mass is 10.1. The van der Waals surface area contributed by atoms with Crippen LogP contribution in [0.15, 0.2) is 66.7 Å². The molecule has 40 heavy (non-hydrogen) atoms. The zero-order valence-corrected chi connectivity index (χ0v) is 23.2. The fourth-order valence-corrected chi connectivity index (χ4v) is 5.58. The van der Waals surface area contributed by atoms with Crippen molar-refractivity contribution in [1.29, 1.82) is 0 Å². The first-order chi connectivity index (χ1) is 19.7. The number of nitrogens with one attached hydrogen (secondary N) is 3. The van der Waals surface area contributed by atoms with Gasteiger partial charge in [0.05, 0.1) is 17.2 Å². The Morgan fingerprint density at radius 1 is 1.02 bits per heavy atom. The molecule has 1 atom stereocenters. The summed E-state index contributed by atoms with van der Waals surface area (Å²) >= 11 is 0. The molecule has 3 aromatic carbocycles. The van der Waals surface area contributed by atoms with E-state index in [4.69, 9.17) is 9.72 Å². The Kier molecular flexibility index (Phi) is 7.97. The van der Waals surface area contributed by atoms with Gasteiger partial charge in [0.15, 0.2) is 0 Å². The largest absolute Gasteiger partial charge is 0.492 e. The number of benzene rings is 3. The number of piperazine rings is 1. The number of rotatable bonds is 9. The van der Waals surface area contributed by atoms with E-state index in [0.29, 0.717) is 6.61 Å². The van der Waals surface area contributed by atoms with E-state index in [-0.39, 0.29) is 11.9 Å². The number of para-hydroxylation sites is 1. The number of anilines is 2. The third-order valence-electron chi connectivity index (χ3n) is 8.01. The number of aryl methyl sites for hydroxylation is 1. The Bertz CT molecular complexity index is 1420. The van der Waals surface area contributed by atoms with E-state index >= 15 is 0 Å². The standard InChI is InChI=1S/C32H38N6O2/c1-2-23-8-10-24(11-9-23)31-35-27-5-3-7-29(30(27)36-31)38-19-17-37(18-20-38)21-22-40-26-14-12-25(13-15-26)34-32(39)28-6-4-16-33-28/h3,5,7-15,28,33H,2,4,6,16-22H2,1H3,(H,34,39)(H,35,36)/t28-/m0/s1. The van der Waals surface area contributed by atoms with Crippen LogP contribution in [0.25, 0.3) is 22.4 Å². The summed E-state index contributed by atoms with van der Waals surface area (Å²) in [5.41, 5.74) is 6.55. The highest BCUT2D eigenvalue weighted by Crippen LogP contribution is 2.29. The van der Waals surface area contributed by atoms with E-state index in [1.165, 1.54) is 11.3 Å². The van der Waals surface area contributed by atoms with E-state index in [1.54, 1.807) is 0 Å². The maximum atomic E-state index is 12.3. The van der Waals surface area contributed by atoms with Crippen LogP contribution < -0.4 is 20.3 Å². The zero-order valence-electron chi connectivity index (χ0n) is 23.2. The van der Waals surface area contributed by atoms with Crippen molar-refractivity contribution in [3.05, 3.63) is 72.3 Å². The molecule has 0 aliphatic carbocycles. The monoisotopic (exact) mass is 538 g/mol. The van der Waals surface area contributed by atoms with Gasteiger partial charge in [-0.1, -0.05) is 37.3 Å². The van der Waals surface area contributed by atoms with Gasteiger partial charge in [0.1, 0.15) is 23.7 Å². The summed E-state index contributed by atoms with van der Waals surface area (Å²) < 4.78 is 6.00. The van der Waals surface area contributed by atoms with Crippen molar-refractivity contribution < 1.29 is 9.53 Å². The van der Waals surface area contributed by atoms with Crippen LogP contribution in [0.5, 0.6) is 5.75 Å². The minimum Gasteiger partial charge on any atom is -0.492 e. The number of carbonyl (C=O) groups excluding carboxylic acids is 1. The Morgan fingerprint density at radius 2 is 1.82 bits per heavy atom. The number of carbonyl (C=O) groups is 1. The molecule has 3 heterocycles. The molecule has 0 saturated carbocycles. The lowest BCUT2D eigenvalue weighted by Crippen LogP contribution is -2.47. The summed E-state index contributed by atoms with van der Waals surface area (Å²) in [6.45, 7) is 8.47. The van der Waals surface area contributed by atoms with Gasteiger partial charge >= 0.3 is 0 Å². The van der Waals surface area contributed by atoms with Crippen molar-refractivity contribution in [2.45, 2.75) is 32.2 Å². The maximum absolute atomic E-state index is 12.3. The molecule has 8 nitrogen and oxygen atoms in total. The molecule has 0 spiro atoms. The van der Waals surface area contributed by atoms with Gasteiger partial charge in [-0.25, -0.2) is 4.98 Å². The number of aromatic amines is 1. The minimum atomic E-state index is -0.0792. The molecule has 2 aliphatic rings. The van der Waals surface area contributed by atoms with Gasteiger partial charge in [-0.3, -0.25) is 9.69 Å². The van der Waals surface area contributed by atoms with Crippen molar-refractivity contribution in [3.8, 4) is 17.1 Å². The highest BCUT2D eigenvalue weighted by Gasteiger charge is 2.22. The van der Waals surface area contributed by atoms with Crippen molar-refractivity contribution in [3.63, 3.8) is 0 Å². The number of nitrogens with zero attached hydrogens (tertiary/aromatic N) is 3. The van der Waals surface area contributed by atoms with Crippen LogP contribution in [-0.2, 0) is 11.2 Å². The molecule has 4 aromatic rings. The number of H-pyrrole nitrogens is 1. The van der Waals surface area contributed by atoms with Crippen molar-refractivity contribution >= 4 is 28.3 Å². The number of amides is 1. The van der Waals surface area contributed by atoms with Gasteiger partial charge in [-0.2, -0.15) is 0 Å². The summed E-state index contributed by atoms with van der Waals surface area (Å²) in [5.74, 6) is 1.78. The second-order valence-corrected chi connectivity index (χ2v) is 10.6. The predicted octanol–water partition coefficient (Wildman–Crippen LogP) is 4.68. The number of fused-ring (bicyclic) bond motifs is 1. The van der Waals surface area contributed by atoms with Crippen LogP contribution in [0.2, 0.25) is 0 Å². The average molecular weight is 539 g/mol. The van der Waals surface area contributed by atoms with Crippen LogP contribution >= 0.6 is 0 Å². The summed E-state index contributed by atoms with van der Waals surface area (Å²) in [4.78, 5) is 25.7. The predicted molar refractivity (Wildman–Crippen MR) is 161 cm³/mol. The fraction of sp³-hybridized carbons (Fsp3) is 0.375. The van der Waals surface area contributed by atoms with Gasteiger partial charge in [0.25, 0.3) is 0 Å². The van der Waals surface area contributed by atoms with E-state index in [2.05, 4.69) is 74.8 Å². The number of hydrogen-bond acceptors (Lipinski definition) is 6. The third-order valence-corrected chi connectivity index (χ3v) is 8.01. The summed E-state index contributed by atoms with van der Waals surface area (Å²) in [5, 5.41) is 6.21. The fourth-order valence-electron chi connectivity index (χ4n) is 5.58. The Labute approximate surface area is 235 Å².